The average Bonchev–Trinajstić information content (AvgIpc) is 3.20. The molecule has 1 aromatic heterocycles. The second-order valence-electron chi connectivity index (χ2n) is 5.59. The van der Waals surface area contributed by atoms with Gasteiger partial charge in [0.25, 0.3) is 5.91 Å². The maximum Gasteiger partial charge on any atom is 0.273 e. The van der Waals surface area contributed by atoms with E-state index in [-0.39, 0.29) is 12.5 Å². The van der Waals surface area contributed by atoms with Crippen LogP contribution in [0.5, 0.6) is 5.75 Å². The zero-order valence-electron chi connectivity index (χ0n) is 13.1. The van der Waals surface area contributed by atoms with Crippen molar-refractivity contribution in [3.05, 3.63) is 70.9 Å². The summed E-state index contributed by atoms with van der Waals surface area (Å²) in [6.45, 7) is 0.189. The highest BCUT2D eigenvalue weighted by Gasteiger charge is 2.23. The summed E-state index contributed by atoms with van der Waals surface area (Å²) in [5.41, 5.74) is 5.50. The highest BCUT2D eigenvalue weighted by molar-refractivity contribution is 6.30. The summed E-state index contributed by atoms with van der Waals surface area (Å²) < 4.78 is 5.70. The Balaban J connectivity index is 1.58. The Kier molecular flexibility index (Phi) is 3.99. The highest BCUT2D eigenvalue weighted by Crippen LogP contribution is 2.22. The first-order chi connectivity index (χ1) is 12.2. The minimum absolute atomic E-state index is 0.189. The number of benzene rings is 2. The van der Waals surface area contributed by atoms with E-state index in [1.54, 1.807) is 24.3 Å². The van der Waals surface area contributed by atoms with E-state index in [2.05, 4.69) is 15.5 Å². The molecule has 0 fully saturated rings. The fourth-order valence-electron chi connectivity index (χ4n) is 2.68. The van der Waals surface area contributed by atoms with Crippen molar-refractivity contribution in [3.63, 3.8) is 0 Å². The van der Waals surface area contributed by atoms with Crippen LogP contribution in [0.1, 0.15) is 5.56 Å². The van der Waals surface area contributed by atoms with Gasteiger partial charge in [0.05, 0.1) is 5.57 Å². The van der Waals surface area contributed by atoms with E-state index in [9.17, 15) is 4.79 Å². The third-order valence-corrected chi connectivity index (χ3v) is 4.21. The number of hydrazone groups is 1. The molecule has 4 rings (SSSR count). The molecule has 2 aromatic carbocycles. The van der Waals surface area contributed by atoms with E-state index >= 15 is 0 Å². The number of para-hydroxylation sites is 1. The predicted octanol–water partition coefficient (Wildman–Crippen LogP) is 3.77. The van der Waals surface area contributed by atoms with E-state index in [4.69, 9.17) is 16.3 Å². The van der Waals surface area contributed by atoms with Gasteiger partial charge in [-0.2, -0.15) is 5.10 Å². The summed E-state index contributed by atoms with van der Waals surface area (Å²) in [4.78, 5) is 15.3. The number of aromatic nitrogens is 1. The smallest absolute Gasteiger partial charge is 0.273 e. The van der Waals surface area contributed by atoms with Gasteiger partial charge >= 0.3 is 0 Å². The summed E-state index contributed by atoms with van der Waals surface area (Å²) in [5.74, 6) is 0.429. The second kappa shape index (κ2) is 6.45. The number of halogens is 1. The molecule has 0 aliphatic carbocycles. The lowest BCUT2D eigenvalue weighted by Crippen LogP contribution is -2.16. The maximum atomic E-state index is 12.1. The normalized spacial score (nSPS) is 15.5. The van der Waals surface area contributed by atoms with Gasteiger partial charge in [-0.15, -0.1) is 0 Å². The molecule has 0 bridgehead atoms. The molecule has 0 saturated heterocycles. The van der Waals surface area contributed by atoms with Crippen LogP contribution in [0.15, 0.2) is 65.4 Å². The molecule has 3 aromatic rings. The van der Waals surface area contributed by atoms with E-state index in [0.717, 1.165) is 16.5 Å². The molecule has 0 spiro atoms. The number of nitrogens with zero attached hydrogens (tertiary/aromatic N) is 1. The van der Waals surface area contributed by atoms with Gasteiger partial charge in [0.2, 0.25) is 0 Å². The number of H-pyrrole nitrogens is 1. The van der Waals surface area contributed by atoms with Crippen molar-refractivity contribution in [1.82, 2.24) is 10.4 Å². The van der Waals surface area contributed by atoms with E-state index in [1.165, 1.54) is 0 Å². The molecule has 1 aliphatic rings. The molecular formula is C19H14ClN3O2. The topological polar surface area (TPSA) is 66.5 Å². The summed E-state index contributed by atoms with van der Waals surface area (Å²) in [6, 6.07) is 15.0. The molecule has 0 saturated carbocycles. The Morgan fingerprint density at radius 2 is 1.92 bits per heavy atom. The van der Waals surface area contributed by atoms with E-state index < -0.39 is 0 Å². The summed E-state index contributed by atoms with van der Waals surface area (Å²) in [6.07, 6.45) is 3.70. The van der Waals surface area contributed by atoms with Crippen molar-refractivity contribution >= 4 is 40.2 Å². The Morgan fingerprint density at radius 3 is 2.76 bits per heavy atom. The summed E-state index contributed by atoms with van der Waals surface area (Å²) >= 11 is 5.86. The number of ether oxygens (including phenoxy) is 1. The van der Waals surface area contributed by atoms with Crippen LogP contribution in [0.3, 0.4) is 0 Å². The Morgan fingerprint density at radius 1 is 1.12 bits per heavy atom. The average molecular weight is 352 g/mol. The Bertz CT molecular complexity index is 1000. The lowest BCUT2D eigenvalue weighted by atomic mass is 10.1. The van der Waals surface area contributed by atoms with Crippen LogP contribution < -0.4 is 10.2 Å². The summed E-state index contributed by atoms with van der Waals surface area (Å²) in [5, 5.41) is 5.77. The summed E-state index contributed by atoms with van der Waals surface area (Å²) in [7, 11) is 0. The molecule has 6 heteroatoms. The van der Waals surface area contributed by atoms with Crippen molar-refractivity contribution in [1.29, 1.82) is 0 Å². The molecule has 2 heterocycles. The zero-order chi connectivity index (χ0) is 17.2. The highest BCUT2D eigenvalue weighted by atomic mass is 35.5. The van der Waals surface area contributed by atoms with Gasteiger partial charge in [0, 0.05) is 27.7 Å². The van der Waals surface area contributed by atoms with Crippen LogP contribution in [0, 0.1) is 0 Å². The fourth-order valence-corrected chi connectivity index (χ4v) is 2.81. The van der Waals surface area contributed by atoms with Crippen LogP contribution in [0.2, 0.25) is 5.02 Å². The minimum atomic E-state index is -0.236. The van der Waals surface area contributed by atoms with Crippen molar-refractivity contribution in [2.24, 2.45) is 5.10 Å². The number of fused-ring (bicyclic) bond motifs is 1. The van der Waals surface area contributed by atoms with Gasteiger partial charge in [0.1, 0.15) is 18.1 Å². The van der Waals surface area contributed by atoms with Crippen LogP contribution in [0.4, 0.5) is 0 Å². The standard InChI is InChI=1S/C19H14ClN3O2/c20-13-5-7-14(8-6-13)25-11-18-16(19(24)23-22-18)9-12-10-21-17-4-2-1-3-15(12)17/h1-10,21H,11H2,(H,23,24)/b16-9-. The number of nitrogens with one attached hydrogen (secondary N) is 2. The minimum Gasteiger partial charge on any atom is -0.487 e. The second-order valence-corrected chi connectivity index (χ2v) is 6.03. The third kappa shape index (κ3) is 3.14. The van der Waals surface area contributed by atoms with Gasteiger partial charge in [-0.1, -0.05) is 29.8 Å². The predicted molar refractivity (Wildman–Crippen MR) is 98.8 cm³/mol. The number of amides is 1. The fraction of sp³-hybridized carbons (Fsp3) is 0.0526. The van der Waals surface area contributed by atoms with Gasteiger partial charge in [-0.3, -0.25) is 4.79 Å². The van der Waals surface area contributed by atoms with Crippen molar-refractivity contribution in [2.45, 2.75) is 0 Å². The molecule has 1 amide bonds. The van der Waals surface area contributed by atoms with Gasteiger partial charge < -0.3 is 9.72 Å². The lowest BCUT2D eigenvalue weighted by Gasteiger charge is -2.06. The third-order valence-electron chi connectivity index (χ3n) is 3.96. The molecule has 0 atom stereocenters. The zero-order valence-corrected chi connectivity index (χ0v) is 13.9. The van der Waals surface area contributed by atoms with Gasteiger partial charge in [-0.25, -0.2) is 5.43 Å². The number of rotatable bonds is 4. The van der Waals surface area contributed by atoms with Crippen molar-refractivity contribution in [2.75, 3.05) is 6.61 Å². The van der Waals surface area contributed by atoms with Crippen LogP contribution >= 0.6 is 11.6 Å². The van der Waals surface area contributed by atoms with Crippen LogP contribution in [0.25, 0.3) is 17.0 Å². The largest absolute Gasteiger partial charge is 0.487 e. The van der Waals surface area contributed by atoms with Crippen LogP contribution in [-0.4, -0.2) is 23.2 Å². The van der Waals surface area contributed by atoms with Gasteiger partial charge in [-0.05, 0) is 36.4 Å². The molecule has 0 unspecified atom stereocenters. The van der Waals surface area contributed by atoms with Gasteiger partial charge in [0.15, 0.2) is 0 Å². The first-order valence-corrected chi connectivity index (χ1v) is 8.12. The molecular weight excluding hydrogens is 338 g/mol. The molecule has 5 nitrogen and oxygen atoms in total. The number of carbonyl (C=O) groups is 1. The lowest BCUT2D eigenvalue weighted by molar-refractivity contribution is -0.116. The quantitative estimate of drug-likeness (QED) is 0.703. The van der Waals surface area contributed by atoms with E-state index in [0.29, 0.717) is 22.1 Å². The Labute approximate surface area is 149 Å². The molecule has 0 radical (unpaired) electrons. The van der Waals surface area contributed by atoms with Crippen LogP contribution in [-0.2, 0) is 4.79 Å². The molecule has 1 aliphatic heterocycles. The van der Waals surface area contributed by atoms with Crippen molar-refractivity contribution in [3.8, 4) is 5.75 Å². The number of aromatic amines is 1. The SMILES string of the molecule is O=C1NN=C(COc2ccc(Cl)cc2)/C1=C/c1c[nH]c2ccccc12. The number of hydrogen-bond acceptors (Lipinski definition) is 3. The Hall–Kier alpha value is -3.05. The first-order valence-electron chi connectivity index (χ1n) is 7.74. The number of carbonyl (C=O) groups excluding carboxylic acids is 1. The van der Waals surface area contributed by atoms with Crippen molar-refractivity contribution < 1.29 is 9.53 Å². The first kappa shape index (κ1) is 15.5. The monoisotopic (exact) mass is 351 g/mol. The number of hydrogen-bond donors (Lipinski definition) is 2. The molecule has 25 heavy (non-hydrogen) atoms. The van der Waals surface area contributed by atoms with E-state index in [1.807, 2.05) is 36.5 Å². The molecule has 2 N–H and O–H groups in total. The molecule has 124 valence electrons. The maximum absolute atomic E-state index is 12.1.